The molecule has 0 fully saturated rings. The molecule has 2 aromatic rings. The molecule has 5 heteroatoms. The molecule has 0 N–H and O–H groups in total. The first-order valence-electron chi connectivity index (χ1n) is 5.82. The van der Waals surface area contributed by atoms with Crippen LogP contribution in [0.15, 0.2) is 59.5 Å². The molecular weight excluding hydrogens is 276 g/mol. The van der Waals surface area contributed by atoms with Crippen LogP contribution in [0.25, 0.3) is 0 Å². The van der Waals surface area contributed by atoms with E-state index < -0.39 is 9.84 Å². The lowest BCUT2D eigenvalue weighted by Gasteiger charge is -2.05. The van der Waals surface area contributed by atoms with E-state index in [-0.39, 0.29) is 11.9 Å². The fourth-order valence-electron chi connectivity index (χ4n) is 1.73. The molecule has 0 radical (unpaired) electrons. The molecule has 0 aliphatic rings. The summed E-state index contributed by atoms with van der Waals surface area (Å²) in [6.45, 7) is 1.96. The second-order valence-corrected chi connectivity index (χ2v) is 6.13. The Balaban J connectivity index is 0.000000612. The Bertz CT molecular complexity index is 685. The molecule has 104 valence electrons. The average molecular weight is 290 g/mol. The van der Waals surface area contributed by atoms with Crippen LogP contribution in [0.1, 0.15) is 11.1 Å². The number of hydrogen-bond acceptors (Lipinski definition) is 4. The van der Waals surface area contributed by atoms with Crippen molar-refractivity contribution >= 4 is 16.0 Å². The summed E-state index contributed by atoms with van der Waals surface area (Å²) in [4.78, 5) is 16.6. The third kappa shape index (κ3) is 4.80. The number of sulfone groups is 1. The van der Waals surface area contributed by atoms with E-state index in [1.807, 2.05) is 37.3 Å². The molecule has 4 nitrogen and oxygen atoms in total. The summed E-state index contributed by atoms with van der Waals surface area (Å²) in [6, 6.07) is 16.1. The first kappa shape index (κ1) is 15.8. The van der Waals surface area contributed by atoms with Gasteiger partial charge in [-0.25, -0.2) is 8.42 Å². The summed E-state index contributed by atoms with van der Waals surface area (Å²) >= 11 is 0. The van der Waals surface area contributed by atoms with Crippen LogP contribution in [0.4, 0.5) is 0 Å². The van der Waals surface area contributed by atoms with Crippen molar-refractivity contribution in [2.75, 3.05) is 0 Å². The van der Waals surface area contributed by atoms with Gasteiger partial charge in [-0.2, -0.15) is 9.59 Å². The fraction of sp³-hybridized carbons (Fsp3) is 0.133. The van der Waals surface area contributed by atoms with Gasteiger partial charge in [0.05, 0.1) is 10.6 Å². The fourth-order valence-corrected chi connectivity index (χ4v) is 3.09. The van der Waals surface area contributed by atoms with Crippen LogP contribution < -0.4 is 0 Å². The van der Waals surface area contributed by atoms with Gasteiger partial charge in [0.25, 0.3) is 0 Å². The summed E-state index contributed by atoms with van der Waals surface area (Å²) < 4.78 is 24.2. The molecule has 0 heterocycles. The van der Waals surface area contributed by atoms with Crippen LogP contribution in [0.3, 0.4) is 0 Å². The lowest BCUT2D eigenvalue weighted by atomic mass is 10.2. The zero-order valence-electron chi connectivity index (χ0n) is 10.9. The largest absolute Gasteiger partial charge is 0.373 e. The molecule has 0 aromatic heterocycles. The van der Waals surface area contributed by atoms with Gasteiger partial charge in [0.1, 0.15) is 0 Å². The smallest absolute Gasteiger partial charge is 0.223 e. The summed E-state index contributed by atoms with van der Waals surface area (Å²) in [7, 11) is -3.23. The second kappa shape index (κ2) is 7.38. The van der Waals surface area contributed by atoms with Crippen LogP contribution in [0, 0.1) is 6.92 Å². The maximum absolute atomic E-state index is 12.1. The van der Waals surface area contributed by atoms with Gasteiger partial charge in [-0.15, -0.1) is 0 Å². The minimum Gasteiger partial charge on any atom is -0.223 e. The maximum Gasteiger partial charge on any atom is 0.373 e. The number of rotatable bonds is 3. The van der Waals surface area contributed by atoms with Crippen molar-refractivity contribution in [3.05, 3.63) is 65.7 Å². The van der Waals surface area contributed by atoms with Crippen LogP contribution in [0.2, 0.25) is 0 Å². The molecule has 0 aliphatic carbocycles. The molecule has 0 atom stereocenters. The van der Waals surface area contributed by atoms with Crippen molar-refractivity contribution < 1.29 is 18.0 Å². The summed E-state index contributed by atoms with van der Waals surface area (Å²) in [6.07, 6.45) is 0.250. The van der Waals surface area contributed by atoms with E-state index in [0.717, 1.165) is 11.1 Å². The van der Waals surface area contributed by atoms with E-state index in [0.29, 0.717) is 4.90 Å². The predicted octanol–water partition coefficient (Wildman–Crippen LogP) is 2.39. The molecule has 2 rings (SSSR count). The Kier molecular flexibility index (Phi) is 5.84. The Labute approximate surface area is 118 Å². The molecule has 0 aliphatic heterocycles. The van der Waals surface area contributed by atoms with E-state index in [2.05, 4.69) is 0 Å². The highest BCUT2D eigenvalue weighted by Gasteiger charge is 2.14. The summed E-state index contributed by atoms with van der Waals surface area (Å²) in [5.41, 5.74) is 1.90. The van der Waals surface area contributed by atoms with Crippen molar-refractivity contribution in [1.29, 1.82) is 0 Å². The van der Waals surface area contributed by atoms with Crippen LogP contribution >= 0.6 is 0 Å². The van der Waals surface area contributed by atoms with Gasteiger partial charge in [-0.3, -0.25) is 0 Å². The monoisotopic (exact) mass is 290 g/mol. The van der Waals surface area contributed by atoms with Gasteiger partial charge in [-0.05, 0) is 24.6 Å². The summed E-state index contributed by atoms with van der Waals surface area (Å²) in [5.74, 6) is 0.0543. The first-order valence-corrected chi connectivity index (χ1v) is 7.47. The highest BCUT2D eigenvalue weighted by Crippen LogP contribution is 2.16. The van der Waals surface area contributed by atoms with Crippen molar-refractivity contribution in [2.24, 2.45) is 0 Å². The third-order valence-corrected chi connectivity index (χ3v) is 4.25. The third-order valence-electron chi connectivity index (χ3n) is 2.54. The minimum atomic E-state index is -3.23. The highest BCUT2D eigenvalue weighted by molar-refractivity contribution is 7.90. The number of aryl methyl sites for hydroxylation is 1. The standard InChI is InChI=1S/C14H14O2S.CO2/c1-12-6-5-7-13(10-12)11-17(15,16)14-8-3-2-4-9-14;2-1-3/h2-10H,11H2,1H3;. The molecule has 0 unspecified atom stereocenters. The molecule has 0 saturated carbocycles. The zero-order chi connectivity index (χ0) is 15.0. The van der Waals surface area contributed by atoms with Crippen molar-refractivity contribution in [1.82, 2.24) is 0 Å². The summed E-state index contributed by atoms with van der Waals surface area (Å²) in [5, 5.41) is 0. The van der Waals surface area contributed by atoms with E-state index >= 15 is 0 Å². The second-order valence-electron chi connectivity index (χ2n) is 4.14. The lowest BCUT2D eigenvalue weighted by molar-refractivity contribution is -0.191. The molecule has 0 spiro atoms. The Morgan fingerprint density at radius 3 is 2.10 bits per heavy atom. The topological polar surface area (TPSA) is 68.3 Å². The molecule has 20 heavy (non-hydrogen) atoms. The Hall–Kier alpha value is -2.23. The highest BCUT2D eigenvalue weighted by atomic mass is 32.2. The van der Waals surface area contributed by atoms with Gasteiger partial charge in [0.15, 0.2) is 9.84 Å². The van der Waals surface area contributed by atoms with E-state index in [1.54, 1.807) is 24.3 Å². The molecule has 0 bridgehead atoms. The first-order chi connectivity index (χ1) is 9.49. The van der Waals surface area contributed by atoms with Crippen LogP contribution in [0.5, 0.6) is 0 Å². The van der Waals surface area contributed by atoms with E-state index in [9.17, 15) is 8.42 Å². The molecule has 0 amide bonds. The molecule has 0 saturated heterocycles. The van der Waals surface area contributed by atoms with Gasteiger partial charge in [-0.1, -0.05) is 48.0 Å². The van der Waals surface area contributed by atoms with Gasteiger partial charge in [0.2, 0.25) is 0 Å². The van der Waals surface area contributed by atoms with E-state index in [1.165, 1.54) is 0 Å². The quantitative estimate of drug-likeness (QED) is 0.870. The van der Waals surface area contributed by atoms with Crippen molar-refractivity contribution in [2.45, 2.75) is 17.6 Å². The van der Waals surface area contributed by atoms with Crippen molar-refractivity contribution in [3.8, 4) is 0 Å². The zero-order valence-corrected chi connectivity index (χ0v) is 11.8. The minimum absolute atomic E-state index is 0.0543. The Morgan fingerprint density at radius 2 is 1.55 bits per heavy atom. The average Bonchev–Trinajstić information content (AvgIpc) is 2.40. The van der Waals surface area contributed by atoms with Gasteiger partial charge in [0, 0.05) is 0 Å². The van der Waals surface area contributed by atoms with Gasteiger partial charge >= 0.3 is 6.15 Å². The van der Waals surface area contributed by atoms with Crippen LogP contribution in [-0.4, -0.2) is 14.6 Å². The van der Waals surface area contributed by atoms with E-state index in [4.69, 9.17) is 9.59 Å². The maximum atomic E-state index is 12.1. The Morgan fingerprint density at radius 1 is 0.950 bits per heavy atom. The van der Waals surface area contributed by atoms with Crippen molar-refractivity contribution in [3.63, 3.8) is 0 Å². The number of carbonyl (C=O) groups excluding carboxylic acids is 2. The SMILES string of the molecule is Cc1cccc(CS(=O)(=O)c2ccccc2)c1.O=C=O. The predicted molar refractivity (Wildman–Crippen MR) is 73.5 cm³/mol. The number of benzene rings is 2. The van der Waals surface area contributed by atoms with Gasteiger partial charge < -0.3 is 0 Å². The molecular formula is C15H14O4S. The molecule has 2 aromatic carbocycles. The van der Waals surface area contributed by atoms with Crippen LogP contribution in [-0.2, 0) is 25.2 Å². The normalized spacial score (nSPS) is 10.1. The lowest BCUT2D eigenvalue weighted by Crippen LogP contribution is -2.04. The number of hydrogen-bond donors (Lipinski definition) is 0.